The summed E-state index contributed by atoms with van der Waals surface area (Å²) >= 11 is 0. The van der Waals surface area contributed by atoms with Crippen molar-refractivity contribution in [1.82, 2.24) is 9.80 Å². The van der Waals surface area contributed by atoms with Gasteiger partial charge in [-0.25, -0.2) is 4.79 Å². The van der Waals surface area contributed by atoms with Crippen molar-refractivity contribution in [3.63, 3.8) is 0 Å². The molecule has 2 rings (SSSR count). The van der Waals surface area contributed by atoms with Crippen LogP contribution in [0.1, 0.15) is 47.5 Å². The van der Waals surface area contributed by atoms with Crippen LogP contribution in [0.15, 0.2) is 0 Å². The molecule has 0 aromatic carbocycles. The predicted molar refractivity (Wildman–Crippen MR) is 94.2 cm³/mol. The number of nitrogens with zero attached hydrogens (tertiary/aromatic N) is 2. The third-order valence-electron chi connectivity index (χ3n) is 4.77. The van der Waals surface area contributed by atoms with E-state index in [4.69, 9.17) is 14.2 Å². The Kier molecular flexibility index (Phi) is 6.20. The highest BCUT2D eigenvalue weighted by molar-refractivity contribution is 5.80. The highest BCUT2D eigenvalue weighted by atomic mass is 16.6. The molecule has 2 saturated heterocycles. The molecule has 2 amide bonds. The highest BCUT2D eigenvalue weighted by Crippen LogP contribution is 2.34. The summed E-state index contributed by atoms with van der Waals surface area (Å²) < 4.78 is 16.3. The Bertz CT molecular complexity index is 528. The maximum absolute atomic E-state index is 12.7. The molecule has 0 saturated carbocycles. The van der Waals surface area contributed by atoms with Crippen molar-refractivity contribution in [2.45, 2.75) is 70.9 Å². The second kappa shape index (κ2) is 7.70. The molecule has 0 aromatic rings. The van der Waals surface area contributed by atoms with Gasteiger partial charge in [-0.2, -0.15) is 0 Å². The lowest BCUT2D eigenvalue weighted by molar-refractivity contribution is -0.150. The van der Waals surface area contributed by atoms with Gasteiger partial charge >= 0.3 is 6.09 Å². The van der Waals surface area contributed by atoms with Gasteiger partial charge in [-0.1, -0.05) is 0 Å². The minimum Gasteiger partial charge on any atom is -0.444 e. The quantitative estimate of drug-likeness (QED) is 0.806. The standard InChI is InChI=1S/C18H32N2O6/c1-17(2,3)26-16(23)20-13(10-25-18(20,4)5)14(21)12-8-7-9-19(11-24-6)15(12)22/h12-14,21H,7-11H2,1-6H3/t12?,13-,14?/m0/s1. The van der Waals surface area contributed by atoms with Crippen molar-refractivity contribution in [2.75, 3.05) is 27.0 Å². The smallest absolute Gasteiger partial charge is 0.412 e. The molecule has 0 radical (unpaired) electrons. The van der Waals surface area contributed by atoms with Crippen LogP contribution in [0.25, 0.3) is 0 Å². The van der Waals surface area contributed by atoms with Crippen LogP contribution in [0.2, 0.25) is 0 Å². The molecule has 2 aliphatic rings. The topological polar surface area (TPSA) is 88.5 Å². The number of hydrogen-bond acceptors (Lipinski definition) is 6. The molecule has 150 valence electrons. The van der Waals surface area contributed by atoms with E-state index in [2.05, 4.69) is 0 Å². The Hall–Kier alpha value is -1.38. The zero-order valence-electron chi connectivity index (χ0n) is 16.7. The van der Waals surface area contributed by atoms with E-state index >= 15 is 0 Å². The number of hydrogen-bond donors (Lipinski definition) is 1. The number of rotatable bonds is 4. The molecular weight excluding hydrogens is 340 g/mol. The highest BCUT2D eigenvalue weighted by Gasteiger charge is 2.51. The average Bonchev–Trinajstić information content (AvgIpc) is 2.82. The van der Waals surface area contributed by atoms with Gasteiger partial charge in [0, 0.05) is 13.7 Å². The lowest BCUT2D eigenvalue weighted by Crippen LogP contribution is -2.57. The fourth-order valence-electron chi connectivity index (χ4n) is 3.59. The Morgan fingerprint density at radius 2 is 2.08 bits per heavy atom. The molecule has 2 aliphatic heterocycles. The van der Waals surface area contributed by atoms with Crippen LogP contribution in [0.3, 0.4) is 0 Å². The minimum absolute atomic E-state index is 0.153. The Morgan fingerprint density at radius 1 is 1.42 bits per heavy atom. The largest absolute Gasteiger partial charge is 0.444 e. The molecule has 0 aromatic heterocycles. The van der Waals surface area contributed by atoms with E-state index in [1.54, 1.807) is 39.5 Å². The summed E-state index contributed by atoms with van der Waals surface area (Å²) in [5.41, 5.74) is -1.58. The molecular formula is C18H32N2O6. The van der Waals surface area contributed by atoms with Gasteiger partial charge in [-0.3, -0.25) is 9.69 Å². The number of aliphatic hydroxyl groups is 1. The fourth-order valence-corrected chi connectivity index (χ4v) is 3.59. The number of amides is 2. The van der Waals surface area contributed by atoms with E-state index < -0.39 is 35.5 Å². The van der Waals surface area contributed by atoms with Gasteiger partial charge in [0.1, 0.15) is 18.1 Å². The van der Waals surface area contributed by atoms with Crippen LogP contribution in [-0.4, -0.2) is 77.4 Å². The maximum Gasteiger partial charge on any atom is 0.412 e. The molecule has 0 aliphatic carbocycles. The van der Waals surface area contributed by atoms with Crippen molar-refractivity contribution in [3.05, 3.63) is 0 Å². The van der Waals surface area contributed by atoms with Crippen LogP contribution in [0.5, 0.6) is 0 Å². The Morgan fingerprint density at radius 3 is 2.65 bits per heavy atom. The molecule has 8 heteroatoms. The van der Waals surface area contributed by atoms with Crippen molar-refractivity contribution in [1.29, 1.82) is 0 Å². The monoisotopic (exact) mass is 372 g/mol. The fraction of sp³-hybridized carbons (Fsp3) is 0.889. The van der Waals surface area contributed by atoms with Gasteiger partial charge in [0.2, 0.25) is 5.91 Å². The maximum atomic E-state index is 12.7. The second-order valence-electron chi connectivity index (χ2n) is 8.43. The number of methoxy groups -OCH3 is 1. The first kappa shape index (κ1) is 20.9. The summed E-state index contributed by atoms with van der Waals surface area (Å²) in [5.74, 6) is -0.745. The second-order valence-corrected chi connectivity index (χ2v) is 8.43. The van der Waals surface area contributed by atoms with Gasteiger partial charge < -0.3 is 24.2 Å². The van der Waals surface area contributed by atoms with Crippen molar-refractivity contribution in [2.24, 2.45) is 5.92 Å². The molecule has 8 nitrogen and oxygen atoms in total. The molecule has 0 spiro atoms. The molecule has 2 unspecified atom stereocenters. The Balaban J connectivity index is 2.19. The van der Waals surface area contributed by atoms with Crippen LogP contribution in [0.4, 0.5) is 4.79 Å². The summed E-state index contributed by atoms with van der Waals surface area (Å²) in [7, 11) is 1.53. The zero-order valence-corrected chi connectivity index (χ0v) is 16.7. The van der Waals surface area contributed by atoms with Crippen LogP contribution in [0, 0.1) is 5.92 Å². The lowest BCUT2D eigenvalue weighted by atomic mass is 9.87. The first-order valence-electron chi connectivity index (χ1n) is 9.10. The first-order valence-corrected chi connectivity index (χ1v) is 9.10. The zero-order chi connectivity index (χ0) is 19.7. The van der Waals surface area contributed by atoms with E-state index in [0.29, 0.717) is 13.0 Å². The van der Waals surface area contributed by atoms with Gasteiger partial charge in [0.15, 0.2) is 0 Å². The minimum atomic E-state index is -1.03. The van der Waals surface area contributed by atoms with Gasteiger partial charge in [0.25, 0.3) is 0 Å². The van der Waals surface area contributed by atoms with E-state index in [1.807, 2.05) is 0 Å². The van der Waals surface area contributed by atoms with Crippen molar-refractivity contribution < 1.29 is 28.9 Å². The van der Waals surface area contributed by atoms with Gasteiger partial charge in [-0.05, 0) is 47.5 Å². The van der Waals surface area contributed by atoms with Crippen molar-refractivity contribution >= 4 is 12.0 Å². The number of piperidine rings is 1. The molecule has 1 N–H and O–H groups in total. The summed E-state index contributed by atoms with van der Waals surface area (Å²) in [6.45, 7) is 9.83. The molecule has 3 atom stereocenters. The number of aliphatic hydroxyl groups excluding tert-OH is 1. The average molecular weight is 372 g/mol. The Labute approximate surface area is 155 Å². The summed E-state index contributed by atoms with van der Waals surface area (Å²) in [6, 6.07) is -0.642. The predicted octanol–water partition coefficient (Wildman–Crippen LogP) is 1.56. The number of carbonyl (C=O) groups is 2. The van der Waals surface area contributed by atoms with Crippen LogP contribution in [-0.2, 0) is 19.0 Å². The van der Waals surface area contributed by atoms with E-state index in [1.165, 1.54) is 12.0 Å². The van der Waals surface area contributed by atoms with Gasteiger partial charge in [-0.15, -0.1) is 0 Å². The van der Waals surface area contributed by atoms with Gasteiger partial charge in [0.05, 0.1) is 24.7 Å². The molecule has 2 heterocycles. The normalized spacial score (nSPS) is 27.6. The third-order valence-corrected chi connectivity index (χ3v) is 4.77. The van der Waals surface area contributed by atoms with E-state index in [9.17, 15) is 14.7 Å². The van der Waals surface area contributed by atoms with Crippen LogP contribution >= 0.6 is 0 Å². The number of carbonyl (C=O) groups excluding carboxylic acids is 2. The molecule has 0 bridgehead atoms. The lowest BCUT2D eigenvalue weighted by Gasteiger charge is -2.40. The molecule has 26 heavy (non-hydrogen) atoms. The first-order chi connectivity index (χ1) is 12.0. The SMILES string of the molecule is COCN1CCCC(C(O)[C@@H]2COC(C)(C)N2C(=O)OC(C)(C)C)C1=O. The van der Waals surface area contributed by atoms with Crippen molar-refractivity contribution in [3.8, 4) is 0 Å². The summed E-state index contributed by atoms with van der Waals surface area (Å²) in [6.07, 6.45) is -0.239. The van der Waals surface area contributed by atoms with Crippen LogP contribution < -0.4 is 0 Å². The summed E-state index contributed by atoms with van der Waals surface area (Å²) in [5, 5.41) is 11.0. The van der Waals surface area contributed by atoms with E-state index in [-0.39, 0.29) is 19.2 Å². The molecule has 2 fully saturated rings. The summed E-state index contributed by atoms with van der Waals surface area (Å²) in [4.78, 5) is 28.4. The van der Waals surface area contributed by atoms with E-state index in [0.717, 1.165) is 6.42 Å². The number of likely N-dealkylation sites (tertiary alicyclic amines) is 1. The number of ether oxygens (including phenoxy) is 3. The third kappa shape index (κ3) is 4.47.